The number of nitrogens with zero attached hydrogens (tertiary/aromatic N) is 1. The van der Waals surface area contributed by atoms with Crippen LogP contribution in [-0.4, -0.2) is 66.0 Å². The smallest absolute Gasteiger partial charge is 0.328 e. The third-order valence-corrected chi connectivity index (χ3v) is 4.46. The lowest BCUT2D eigenvalue weighted by Gasteiger charge is -2.20. The van der Waals surface area contributed by atoms with Crippen LogP contribution in [0, 0.1) is 0 Å². The summed E-state index contributed by atoms with van der Waals surface area (Å²) in [6.07, 6.45) is 2.66. The molecule has 142 valence electrons. The van der Waals surface area contributed by atoms with Crippen LogP contribution in [0.15, 0.2) is 24.3 Å². The lowest BCUT2D eigenvalue weighted by atomic mass is 10.1. The average molecular weight is 373 g/mol. The summed E-state index contributed by atoms with van der Waals surface area (Å²) >= 11 is 0. The molecule has 27 heavy (non-hydrogen) atoms. The zero-order valence-corrected chi connectivity index (χ0v) is 14.6. The fraction of sp³-hybridized carbons (Fsp3) is 0.333. The molecule has 3 amide bonds. The van der Waals surface area contributed by atoms with E-state index in [0.717, 1.165) is 6.08 Å². The van der Waals surface area contributed by atoms with Crippen LogP contribution >= 0.6 is 0 Å². The molecule has 0 aromatic heterocycles. The molecular formula is C18H19N3O6. The zero-order chi connectivity index (χ0) is 19.6. The number of nitrogens with one attached hydrogen (secondary N) is 2. The number of aliphatic carboxylic acids is 1. The number of carbonyl (C=O) groups excluding carboxylic acids is 3. The van der Waals surface area contributed by atoms with Gasteiger partial charge in [-0.25, -0.2) is 4.79 Å². The first-order chi connectivity index (χ1) is 12.9. The molecule has 2 atom stereocenters. The van der Waals surface area contributed by atoms with Gasteiger partial charge in [0.25, 0.3) is 5.91 Å². The molecule has 2 aliphatic heterocycles. The average Bonchev–Trinajstić information content (AvgIpc) is 3.00. The van der Waals surface area contributed by atoms with Crippen LogP contribution in [0.4, 0.5) is 5.69 Å². The Bertz CT molecular complexity index is 834. The predicted octanol–water partition coefficient (Wildman–Crippen LogP) is 0.0822. The molecule has 2 aliphatic rings. The highest BCUT2D eigenvalue weighted by molar-refractivity contribution is 6.10. The van der Waals surface area contributed by atoms with Gasteiger partial charge in [-0.1, -0.05) is 6.07 Å². The minimum atomic E-state index is -1.10. The second kappa shape index (κ2) is 7.58. The number of rotatable bonds is 5. The standard InChI is InChI=1S/C18H19N3O6/c1-27-9-15(22)19-11-7-14-17(25)20-13-4-2-10(3-5-16(23)24)6-12(13)18(26)21(14)8-11/h2-6,11,14H,7-9H2,1H3,(H,19,22)(H,20,25)(H,23,24). The van der Waals surface area contributed by atoms with Crippen molar-refractivity contribution in [2.75, 3.05) is 25.6 Å². The number of hydrogen-bond donors (Lipinski definition) is 3. The lowest BCUT2D eigenvalue weighted by molar-refractivity contribution is -0.131. The molecule has 1 saturated heterocycles. The molecule has 0 saturated carbocycles. The Balaban J connectivity index is 1.84. The van der Waals surface area contributed by atoms with Crippen LogP contribution in [-0.2, 0) is 19.1 Å². The van der Waals surface area contributed by atoms with Gasteiger partial charge in [-0.2, -0.15) is 0 Å². The Labute approximate surface area is 155 Å². The molecule has 0 radical (unpaired) electrons. The van der Waals surface area contributed by atoms with E-state index in [1.165, 1.54) is 24.2 Å². The maximum absolute atomic E-state index is 13.0. The van der Waals surface area contributed by atoms with Gasteiger partial charge in [-0.15, -0.1) is 0 Å². The third-order valence-electron chi connectivity index (χ3n) is 4.46. The fourth-order valence-electron chi connectivity index (χ4n) is 3.30. The normalized spacial score (nSPS) is 21.4. The molecule has 2 unspecified atom stereocenters. The van der Waals surface area contributed by atoms with Crippen molar-refractivity contribution >= 4 is 35.5 Å². The van der Waals surface area contributed by atoms with E-state index in [9.17, 15) is 19.2 Å². The molecule has 1 aromatic rings. The molecule has 9 heteroatoms. The van der Waals surface area contributed by atoms with Gasteiger partial charge >= 0.3 is 5.97 Å². The van der Waals surface area contributed by atoms with E-state index in [1.54, 1.807) is 12.1 Å². The molecule has 2 heterocycles. The molecule has 0 aliphatic carbocycles. The van der Waals surface area contributed by atoms with Gasteiger partial charge in [0.05, 0.1) is 11.3 Å². The summed E-state index contributed by atoms with van der Waals surface area (Å²) in [5.74, 6) is -2.07. The summed E-state index contributed by atoms with van der Waals surface area (Å²) in [5, 5.41) is 14.2. The van der Waals surface area contributed by atoms with Gasteiger partial charge < -0.3 is 25.4 Å². The van der Waals surface area contributed by atoms with E-state index in [1.807, 2.05) is 0 Å². The van der Waals surface area contributed by atoms with E-state index in [-0.39, 0.29) is 42.5 Å². The number of hydrogen-bond acceptors (Lipinski definition) is 5. The number of carboxylic acids is 1. The van der Waals surface area contributed by atoms with Gasteiger partial charge in [0, 0.05) is 25.8 Å². The zero-order valence-electron chi connectivity index (χ0n) is 14.6. The van der Waals surface area contributed by atoms with Crippen molar-refractivity contribution in [1.82, 2.24) is 10.2 Å². The summed E-state index contributed by atoms with van der Waals surface area (Å²) in [6.45, 7) is 0.115. The van der Waals surface area contributed by atoms with Crippen molar-refractivity contribution in [3.05, 3.63) is 35.4 Å². The van der Waals surface area contributed by atoms with Gasteiger partial charge in [0.2, 0.25) is 11.8 Å². The van der Waals surface area contributed by atoms with Crippen LogP contribution in [0.2, 0.25) is 0 Å². The number of carbonyl (C=O) groups is 4. The Morgan fingerprint density at radius 1 is 1.41 bits per heavy atom. The lowest BCUT2D eigenvalue weighted by Crippen LogP contribution is -2.41. The van der Waals surface area contributed by atoms with E-state index in [4.69, 9.17) is 9.84 Å². The minimum Gasteiger partial charge on any atom is -0.478 e. The maximum atomic E-state index is 13.0. The monoisotopic (exact) mass is 373 g/mol. The molecule has 0 bridgehead atoms. The topological polar surface area (TPSA) is 125 Å². The Kier molecular flexibility index (Phi) is 5.22. The number of carboxylic acid groups (broad SMARTS) is 1. The maximum Gasteiger partial charge on any atom is 0.328 e. The molecule has 3 rings (SSSR count). The molecule has 1 aromatic carbocycles. The first-order valence-corrected chi connectivity index (χ1v) is 8.34. The number of amides is 3. The van der Waals surface area contributed by atoms with Crippen LogP contribution in [0.1, 0.15) is 22.3 Å². The SMILES string of the molecule is COCC(=O)NC1CC2C(=O)Nc3ccc(C=CC(=O)O)cc3C(=O)N2C1. The van der Waals surface area contributed by atoms with Crippen LogP contribution in [0.5, 0.6) is 0 Å². The molecular weight excluding hydrogens is 354 g/mol. The summed E-state index contributed by atoms with van der Waals surface area (Å²) in [6, 6.07) is 3.71. The minimum absolute atomic E-state index is 0.0938. The van der Waals surface area contributed by atoms with Gasteiger partial charge in [-0.3, -0.25) is 14.4 Å². The predicted molar refractivity (Wildman–Crippen MR) is 95.0 cm³/mol. The fourth-order valence-corrected chi connectivity index (χ4v) is 3.30. The highest BCUT2D eigenvalue weighted by Gasteiger charge is 2.43. The van der Waals surface area contributed by atoms with Gasteiger partial charge in [-0.05, 0) is 30.2 Å². The number of ether oxygens (including phenoxy) is 1. The highest BCUT2D eigenvalue weighted by atomic mass is 16.5. The quantitative estimate of drug-likeness (QED) is 0.628. The second-order valence-electron chi connectivity index (χ2n) is 6.37. The van der Waals surface area contributed by atoms with E-state index < -0.39 is 12.0 Å². The molecule has 3 N–H and O–H groups in total. The number of methoxy groups -OCH3 is 1. The van der Waals surface area contributed by atoms with Crippen molar-refractivity contribution in [1.29, 1.82) is 0 Å². The first-order valence-electron chi connectivity index (χ1n) is 8.34. The van der Waals surface area contributed by atoms with Crippen molar-refractivity contribution in [2.45, 2.75) is 18.5 Å². The largest absolute Gasteiger partial charge is 0.478 e. The first kappa shape index (κ1) is 18.6. The Hall–Kier alpha value is -3.20. The molecule has 0 spiro atoms. The number of benzene rings is 1. The third kappa shape index (κ3) is 3.98. The van der Waals surface area contributed by atoms with Crippen molar-refractivity contribution in [3.63, 3.8) is 0 Å². The van der Waals surface area contributed by atoms with Crippen molar-refractivity contribution in [2.24, 2.45) is 0 Å². The van der Waals surface area contributed by atoms with E-state index in [2.05, 4.69) is 10.6 Å². The summed E-state index contributed by atoms with van der Waals surface area (Å²) in [7, 11) is 1.41. The highest BCUT2D eigenvalue weighted by Crippen LogP contribution is 2.29. The summed E-state index contributed by atoms with van der Waals surface area (Å²) in [4.78, 5) is 49.3. The van der Waals surface area contributed by atoms with E-state index >= 15 is 0 Å². The van der Waals surface area contributed by atoms with Crippen LogP contribution in [0.25, 0.3) is 6.08 Å². The molecule has 1 fully saturated rings. The van der Waals surface area contributed by atoms with E-state index in [0.29, 0.717) is 17.7 Å². The number of fused-ring (bicyclic) bond motifs is 2. The number of anilines is 1. The molecule has 9 nitrogen and oxygen atoms in total. The van der Waals surface area contributed by atoms with Crippen molar-refractivity contribution < 1.29 is 29.0 Å². The van der Waals surface area contributed by atoms with Crippen LogP contribution in [0.3, 0.4) is 0 Å². The van der Waals surface area contributed by atoms with Crippen LogP contribution < -0.4 is 10.6 Å². The van der Waals surface area contributed by atoms with Crippen molar-refractivity contribution in [3.8, 4) is 0 Å². The summed E-state index contributed by atoms with van der Waals surface area (Å²) < 4.78 is 4.77. The van der Waals surface area contributed by atoms with Gasteiger partial charge in [0.1, 0.15) is 12.6 Å². The Morgan fingerprint density at radius 2 is 2.19 bits per heavy atom. The van der Waals surface area contributed by atoms with Gasteiger partial charge in [0.15, 0.2) is 0 Å². The Morgan fingerprint density at radius 3 is 2.89 bits per heavy atom. The summed E-state index contributed by atoms with van der Waals surface area (Å²) in [5.41, 5.74) is 1.19. The second-order valence-corrected chi connectivity index (χ2v) is 6.37.